The minimum Gasteiger partial charge on any atom is -0.395 e. The lowest BCUT2D eigenvalue weighted by Crippen LogP contribution is -2.01. The van der Waals surface area contributed by atoms with Crippen LogP contribution in [0.15, 0.2) is 17.5 Å². The number of nitrogens with one attached hydrogen (secondary N) is 1. The van der Waals surface area contributed by atoms with Gasteiger partial charge in [-0.1, -0.05) is 5.11 Å². The van der Waals surface area contributed by atoms with Crippen LogP contribution in [0.5, 0.6) is 0 Å². The third kappa shape index (κ3) is 1.70. The molecule has 0 saturated heterocycles. The molecule has 1 heterocycles. The summed E-state index contributed by atoms with van der Waals surface area (Å²) in [5.41, 5.74) is 8.07. The van der Waals surface area contributed by atoms with E-state index in [0.717, 1.165) is 0 Å². The highest BCUT2D eigenvalue weighted by Gasteiger charge is 2.08. The molecule has 0 aliphatic rings. The van der Waals surface area contributed by atoms with Crippen molar-refractivity contribution in [3.63, 3.8) is 0 Å². The molecule has 0 aliphatic carbocycles. The summed E-state index contributed by atoms with van der Waals surface area (Å²) in [4.78, 5) is 9.13. The van der Waals surface area contributed by atoms with Crippen molar-refractivity contribution in [2.24, 2.45) is 5.11 Å². The van der Waals surface area contributed by atoms with Gasteiger partial charge in [-0.05, 0) is 5.53 Å². The van der Waals surface area contributed by atoms with Gasteiger partial charge in [-0.2, -0.15) is 0 Å². The van der Waals surface area contributed by atoms with Gasteiger partial charge in [0.25, 0.3) is 0 Å². The second-order valence-electron chi connectivity index (χ2n) is 1.88. The quantitative estimate of drug-likeness (QED) is 0.380. The second kappa shape index (κ2) is 3.60. The Balaban J connectivity index is 2.79. The van der Waals surface area contributed by atoms with Gasteiger partial charge in [-0.25, -0.2) is 4.98 Å². The highest BCUT2D eigenvalue weighted by Crippen LogP contribution is 2.10. The minimum absolute atomic E-state index is 0.239. The van der Waals surface area contributed by atoms with E-state index in [1.807, 2.05) is 0 Å². The van der Waals surface area contributed by atoms with Crippen LogP contribution in [0.1, 0.15) is 11.9 Å². The number of imidazole rings is 1. The van der Waals surface area contributed by atoms with Crippen LogP contribution in [0.25, 0.3) is 10.4 Å². The molecule has 6 nitrogen and oxygen atoms in total. The Morgan fingerprint density at radius 3 is 3.18 bits per heavy atom. The molecule has 0 fully saturated rings. The third-order valence-corrected chi connectivity index (χ3v) is 1.20. The maximum atomic E-state index is 8.70. The molecular formula is C5H7N5O. The zero-order valence-electron chi connectivity index (χ0n) is 5.68. The number of H-pyrrole nitrogens is 1. The van der Waals surface area contributed by atoms with E-state index in [0.29, 0.717) is 5.82 Å². The first kappa shape index (κ1) is 7.59. The van der Waals surface area contributed by atoms with Crippen LogP contribution in [0.2, 0.25) is 0 Å². The van der Waals surface area contributed by atoms with Gasteiger partial charge >= 0.3 is 0 Å². The van der Waals surface area contributed by atoms with Gasteiger partial charge in [0.15, 0.2) is 0 Å². The van der Waals surface area contributed by atoms with Crippen LogP contribution in [-0.2, 0) is 0 Å². The summed E-state index contributed by atoms with van der Waals surface area (Å²) in [5.74, 6) is 0.477. The van der Waals surface area contributed by atoms with E-state index >= 15 is 0 Å². The second-order valence-corrected chi connectivity index (χ2v) is 1.88. The number of hydrogen-bond acceptors (Lipinski definition) is 3. The fourth-order valence-electron chi connectivity index (χ4n) is 0.700. The summed E-state index contributed by atoms with van der Waals surface area (Å²) < 4.78 is 0. The van der Waals surface area contributed by atoms with Crippen molar-refractivity contribution in [1.82, 2.24) is 9.97 Å². The van der Waals surface area contributed by atoms with Crippen molar-refractivity contribution in [3.05, 3.63) is 28.7 Å². The van der Waals surface area contributed by atoms with Crippen molar-refractivity contribution in [2.45, 2.75) is 6.04 Å². The number of aromatic amines is 1. The first-order valence-corrected chi connectivity index (χ1v) is 3.03. The Bertz CT molecular complexity index is 250. The highest BCUT2D eigenvalue weighted by molar-refractivity contribution is 4.95. The largest absolute Gasteiger partial charge is 0.395 e. The predicted octanol–water partition coefficient (Wildman–Crippen LogP) is 0.753. The third-order valence-electron chi connectivity index (χ3n) is 1.20. The van der Waals surface area contributed by atoms with Crippen LogP contribution in [-0.4, -0.2) is 21.7 Å². The van der Waals surface area contributed by atoms with Gasteiger partial charge in [0.2, 0.25) is 0 Å². The summed E-state index contributed by atoms with van der Waals surface area (Å²) in [6.45, 7) is -0.239. The minimum atomic E-state index is -0.602. The van der Waals surface area contributed by atoms with E-state index in [9.17, 15) is 0 Å². The molecule has 0 aromatic carbocycles. The molecule has 0 spiro atoms. The Morgan fingerprint density at radius 2 is 2.73 bits per heavy atom. The molecule has 1 aromatic rings. The molecule has 0 radical (unpaired) electrons. The number of aliphatic hydroxyl groups is 1. The molecule has 0 saturated carbocycles. The van der Waals surface area contributed by atoms with Crippen LogP contribution in [0.3, 0.4) is 0 Å². The average Bonchev–Trinajstić information content (AvgIpc) is 2.52. The van der Waals surface area contributed by atoms with Crippen molar-refractivity contribution < 1.29 is 5.11 Å². The Morgan fingerprint density at radius 1 is 1.91 bits per heavy atom. The smallest absolute Gasteiger partial charge is 0.118 e. The monoisotopic (exact) mass is 153 g/mol. The van der Waals surface area contributed by atoms with Crippen LogP contribution in [0.4, 0.5) is 0 Å². The standard InChI is InChI=1S/C5H7N5O/c6-10-9-4(3-11)5-7-1-2-8-5/h1-2,4,11H,3H2,(H,7,8). The summed E-state index contributed by atoms with van der Waals surface area (Å²) >= 11 is 0. The first-order chi connectivity index (χ1) is 5.38. The zero-order chi connectivity index (χ0) is 8.10. The molecule has 0 amide bonds. The van der Waals surface area contributed by atoms with Gasteiger partial charge in [0.1, 0.15) is 11.9 Å². The number of aromatic nitrogens is 2. The predicted molar refractivity (Wildman–Crippen MR) is 37.6 cm³/mol. The van der Waals surface area contributed by atoms with Gasteiger partial charge in [0, 0.05) is 17.3 Å². The molecule has 2 N–H and O–H groups in total. The molecule has 1 atom stereocenters. The van der Waals surface area contributed by atoms with E-state index in [2.05, 4.69) is 20.0 Å². The average molecular weight is 153 g/mol. The lowest BCUT2D eigenvalue weighted by atomic mass is 10.3. The number of hydrogen-bond donors (Lipinski definition) is 2. The fourth-order valence-corrected chi connectivity index (χ4v) is 0.700. The number of azide groups is 1. The van der Waals surface area contributed by atoms with Crippen molar-refractivity contribution in [1.29, 1.82) is 0 Å². The van der Waals surface area contributed by atoms with Gasteiger partial charge < -0.3 is 10.1 Å². The van der Waals surface area contributed by atoms with E-state index in [1.165, 1.54) is 6.20 Å². The Kier molecular flexibility index (Phi) is 2.48. The molecule has 1 rings (SSSR count). The number of aliphatic hydroxyl groups excluding tert-OH is 1. The molecule has 1 unspecified atom stereocenters. The molecule has 6 heteroatoms. The fraction of sp³-hybridized carbons (Fsp3) is 0.400. The Hall–Kier alpha value is -1.52. The summed E-state index contributed by atoms with van der Waals surface area (Å²) in [7, 11) is 0. The van der Waals surface area contributed by atoms with Crippen molar-refractivity contribution in [3.8, 4) is 0 Å². The van der Waals surface area contributed by atoms with Crippen molar-refractivity contribution >= 4 is 0 Å². The van der Waals surface area contributed by atoms with E-state index < -0.39 is 6.04 Å². The molecule has 1 aromatic heterocycles. The van der Waals surface area contributed by atoms with Gasteiger partial charge in [-0.15, -0.1) is 0 Å². The maximum absolute atomic E-state index is 8.70. The molecule has 0 bridgehead atoms. The molecule has 0 aliphatic heterocycles. The van der Waals surface area contributed by atoms with Crippen LogP contribution < -0.4 is 0 Å². The topological polar surface area (TPSA) is 97.7 Å². The van der Waals surface area contributed by atoms with E-state index in [1.54, 1.807) is 6.20 Å². The van der Waals surface area contributed by atoms with Crippen molar-refractivity contribution in [2.75, 3.05) is 6.61 Å². The van der Waals surface area contributed by atoms with E-state index in [-0.39, 0.29) is 6.61 Å². The summed E-state index contributed by atoms with van der Waals surface area (Å²) in [5, 5.41) is 12.0. The van der Waals surface area contributed by atoms with Gasteiger partial charge in [0.05, 0.1) is 6.61 Å². The van der Waals surface area contributed by atoms with E-state index in [4.69, 9.17) is 10.6 Å². The lowest BCUT2D eigenvalue weighted by molar-refractivity contribution is 0.264. The normalized spacial score (nSPS) is 12.1. The Labute approximate surface area is 62.5 Å². The first-order valence-electron chi connectivity index (χ1n) is 3.03. The van der Waals surface area contributed by atoms with Crippen LogP contribution >= 0.6 is 0 Å². The number of nitrogens with zero attached hydrogens (tertiary/aromatic N) is 4. The number of rotatable bonds is 3. The lowest BCUT2D eigenvalue weighted by Gasteiger charge is -2.00. The summed E-state index contributed by atoms with van der Waals surface area (Å²) in [6.07, 6.45) is 3.13. The molecular weight excluding hydrogens is 146 g/mol. The van der Waals surface area contributed by atoms with Crippen LogP contribution in [0, 0.1) is 0 Å². The maximum Gasteiger partial charge on any atom is 0.118 e. The van der Waals surface area contributed by atoms with Gasteiger partial charge in [-0.3, -0.25) is 0 Å². The molecule has 11 heavy (non-hydrogen) atoms. The highest BCUT2D eigenvalue weighted by atomic mass is 16.3. The SMILES string of the molecule is [N-]=[N+]=NC(CO)c1ncc[nH]1. The zero-order valence-corrected chi connectivity index (χ0v) is 5.68. The summed E-state index contributed by atoms with van der Waals surface area (Å²) in [6, 6.07) is -0.602. The molecule has 58 valence electrons.